The molecule has 0 aromatic heterocycles. The number of carbonyl (C=O) groups excluding carboxylic acids is 1. The zero-order valence-electron chi connectivity index (χ0n) is 31.3. The highest BCUT2D eigenvalue weighted by Gasteiger charge is 2.71. The summed E-state index contributed by atoms with van der Waals surface area (Å²) in [5, 5.41) is 22.9. The number of hydrogen-bond donors (Lipinski definition) is 2. The Balaban J connectivity index is 1.24. The largest absolute Gasteiger partial charge is 0.462 e. The predicted octanol–water partition coefficient (Wildman–Crippen LogP) is 10.4. The van der Waals surface area contributed by atoms with Gasteiger partial charge in [-0.3, -0.25) is 4.79 Å². The average molecular weight is 641 g/mol. The molecule has 12 atom stereocenters. The lowest BCUT2D eigenvalue weighted by Crippen LogP contribution is -2.69. The van der Waals surface area contributed by atoms with E-state index in [0.29, 0.717) is 36.5 Å². The van der Waals surface area contributed by atoms with Gasteiger partial charge in [-0.2, -0.15) is 0 Å². The quantitative estimate of drug-likeness (QED) is 0.134. The Kier molecular flexibility index (Phi) is 10.6. The van der Waals surface area contributed by atoms with E-state index in [1.54, 1.807) is 0 Å². The van der Waals surface area contributed by atoms with Gasteiger partial charge in [-0.25, -0.2) is 0 Å². The van der Waals surface area contributed by atoms with Gasteiger partial charge < -0.3 is 14.9 Å². The van der Waals surface area contributed by atoms with Crippen molar-refractivity contribution in [3.05, 3.63) is 12.2 Å². The molecule has 5 saturated carbocycles. The van der Waals surface area contributed by atoms with E-state index < -0.39 is 12.2 Å². The Bertz CT molecular complexity index is 1100. The minimum atomic E-state index is -0.506. The Hall–Kier alpha value is -0.870. The van der Waals surface area contributed by atoms with E-state index >= 15 is 0 Å². The first kappa shape index (κ1) is 36.4. The summed E-state index contributed by atoms with van der Waals surface area (Å²) in [5.41, 5.74) is 1.08. The van der Waals surface area contributed by atoms with Crippen molar-refractivity contribution in [2.24, 2.45) is 56.7 Å². The molecule has 0 aliphatic heterocycles. The lowest BCUT2D eigenvalue weighted by molar-refractivity contribution is -0.273. The summed E-state index contributed by atoms with van der Waals surface area (Å²) < 4.78 is 6.35. The van der Waals surface area contributed by atoms with Crippen LogP contribution in [0.2, 0.25) is 0 Å². The molecule has 46 heavy (non-hydrogen) atoms. The highest BCUT2D eigenvalue weighted by Crippen LogP contribution is 2.77. The lowest BCUT2D eigenvalue weighted by atomic mass is 9.31. The van der Waals surface area contributed by atoms with E-state index in [2.05, 4.69) is 62.0 Å². The van der Waals surface area contributed by atoms with E-state index in [1.165, 1.54) is 70.6 Å². The molecule has 0 bridgehead atoms. The fraction of sp³-hybridized carbons (Fsp3) is 0.929. The van der Waals surface area contributed by atoms with Gasteiger partial charge in [-0.1, -0.05) is 113 Å². The SMILES string of the molecule is C=C1[C@H](O)C[C@@]2(C)[C@H]([C@@H]1C)[C@H]1CC[C@@H]3[C@@]4(C)CC[C@H](OC(=O)CCCCCCCCCCC)C(C)(C)[C@@H]4CC[C@@]3(C)[C@]1(C)C[C@@H]2O. The Morgan fingerprint density at radius 2 is 1.41 bits per heavy atom. The number of esters is 1. The summed E-state index contributed by atoms with van der Waals surface area (Å²) >= 11 is 0. The molecule has 0 radical (unpaired) electrons. The standard InChI is InChI=1S/C42H72O4/c1-10-11-12-13-14-15-16-17-18-19-36(45)46-35-23-24-39(6)32(38(35,4)5)22-25-41(8)33(39)21-20-30-37-29(3)28(2)31(43)26-40(37,7)34(44)27-42(30,41)9/h29-35,37,43-44H,2,10-27H2,1,3-9H3/t29-,30-,31-,32+,33-,34+,35+,37-,39+,40-,41-,42-/m1/s1. The van der Waals surface area contributed by atoms with Gasteiger partial charge in [-0.05, 0) is 115 Å². The molecule has 5 aliphatic carbocycles. The minimum absolute atomic E-state index is 0.00524. The molecule has 0 unspecified atom stereocenters. The summed E-state index contributed by atoms with van der Waals surface area (Å²) in [6.45, 7) is 23.7. The Labute approximate surface area is 283 Å². The molecule has 4 heteroatoms. The molecular weight excluding hydrogens is 568 g/mol. The zero-order valence-corrected chi connectivity index (χ0v) is 31.3. The average Bonchev–Trinajstić information content (AvgIpc) is 2.98. The first-order valence-corrected chi connectivity index (χ1v) is 19.8. The number of unbranched alkanes of at least 4 members (excludes halogenated alkanes) is 8. The van der Waals surface area contributed by atoms with Crippen LogP contribution in [0, 0.1) is 56.7 Å². The van der Waals surface area contributed by atoms with Crippen LogP contribution in [0.15, 0.2) is 12.2 Å². The maximum absolute atomic E-state index is 13.1. The Morgan fingerprint density at radius 1 is 0.783 bits per heavy atom. The summed E-state index contributed by atoms with van der Waals surface area (Å²) in [5.74, 6) is 2.26. The van der Waals surface area contributed by atoms with Crippen molar-refractivity contribution in [2.45, 2.75) is 189 Å². The topological polar surface area (TPSA) is 66.8 Å². The van der Waals surface area contributed by atoms with Crippen LogP contribution in [0.5, 0.6) is 0 Å². The van der Waals surface area contributed by atoms with E-state index in [1.807, 2.05) is 0 Å². The monoisotopic (exact) mass is 641 g/mol. The fourth-order valence-corrected chi connectivity index (χ4v) is 13.5. The molecule has 0 aromatic rings. The summed E-state index contributed by atoms with van der Waals surface area (Å²) in [6, 6.07) is 0. The summed E-state index contributed by atoms with van der Waals surface area (Å²) in [7, 11) is 0. The summed E-state index contributed by atoms with van der Waals surface area (Å²) in [6.07, 6.45) is 19.4. The molecule has 0 heterocycles. The van der Waals surface area contributed by atoms with Gasteiger partial charge in [0.15, 0.2) is 0 Å². The lowest BCUT2D eigenvalue weighted by Gasteiger charge is -2.74. The molecular formula is C42H72O4. The second-order valence-corrected chi connectivity index (χ2v) is 18.9. The second kappa shape index (κ2) is 13.4. The normalized spacial score (nSPS) is 46.4. The highest BCUT2D eigenvalue weighted by molar-refractivity contribution is 5.69. The predicted molar refractivity (Wildman–Crippen MR) is 189 cm³/mol. The van der Waals surface area contributed by atoms with Gasteiger partial charge in [0.2, 0.25) is 0 Å². The number of aliphatic hydroxyl groups excluding tert-OH is 2. The molecule has 5 aliphatic rings. The van der Waals surface area contributed by atoms with E-state index in [-0.39, 0.29) is 45.1 Å². The molecule has 0 spiro atoms. The highest BCUT2D eigenvalue weighted by atomic mass is 16.5. The third-order valence-corrected chi connectivity index (χ3v) is 16.4. The second-order valence-electron chi connectivity index (χ2n) is 18.9. The minimum Gasteiger partial charge on any atom is -0.462 e. The van der Waals surface area contributed by atoms with Crippen molar-refractivity contribution >= 4 is 5.97 Å². The third-order valence-electron chi connectivity index (χ3n) is 16.4. The van der Waals surface area contributed by atoms with Crippen LogP contribution in [0.1, 0.15) is 171 Å². The van der Waals surface area contributed by atoms with Gasteiger partial charge in [-0.15, -0.1) is 0 Å². The van der Waals surface area contributed by atoms with Gasteiger partial charge in [0, 0.05) is 11.8 Å². The molecule has 0 saturated heterocycles. The summed E-state index contributed by atoms with van der Waals surface area (Å²) in [4.78, 5) is 13.1. The van der Waals surface area contributed by atoms with Crippen LogP contribution in [-0.2, 0) is 9.53 Å². The van der Waals surface area contributed by atoms with E-state index in [0.717, 1.165) is 37.7 Å². The number of hydrogen-bond acceptors (Lipinski definition) is 4. The van der Waals surface area contributed by atoms with Crippen LogP contribution in [0.25, 0.3) is 0 Å². The van der Waals surface area contributed by atoms with Crippen molar-refractivity contribution in [3.8, 4) is 0 Å². The molecule has 4 nitrogen and oxygen atoms in total. The maximum Gasteiger partial charge on any atom is 0.306 e. The fourth-order valence-electron chi connectivity index (χ4n) is 13.5. The molecule has 2 N–H and O–H groups in total. The molecule has 5 fully saturated rings. The first-order valence-electron chi connectivity index (χ1n) is 19.8. The molecule has 0 amide bonds. The van der Waals surface area contributed by atoms with Crippen LogP contribution in [-0.4, -0.2) is 34.5 Å². The van der Waals surface area contributed by atoms with Crippen LogP contribution >= 0.6 is 0 Å². The number of carbonyl (C=O) groups is 1. The van der Waals surface area contributed by atoms with Crippen molar-refractivity contribution in [3.63, 3.8) is 0 Å². The number of ether oxygens (including phenoxy) is 1. The maximum atomic E-state index is 13.1. The van der Waals surface area contributed by atoms with Gasteiger partial charge in [0.25, 0.3) is 0 Å². The van der Waals surface area contributed by atoms with Crippen molar-refractivity contribution in [1.29, 1.82) is 0 Å². The smallest absolute Gasteiger partial charge is 0.306 e. The Morgan fingerprint density at radius 3 is 2.07 bits per heavy atom. The van der Waals surface area contributed by atoms with Crippen LogP contribution in [0.3, 0.4) is 0 Å². The van der Waals surface area contributed by atoms with Crippen LogP contribution in [0.4, 0.5) is 0 Å². The number of rotatable bonds is 11. The first-order chi connectivity index (χ1) is 21.6. The van der Waals surface area contributed by atoms with Gasteiger partial charge >= 0.3 is 5.97 Å². The molecule has 264 valence electrons. The molecule has 0 aromatic carbocycles. The number of aliphatic hydroxyl groups is 2. The van der Waals surface area contributed by atoms with Crippen molar-refractivity contribution in [1.82, 2.24) is 0 Å². The van der Waals surface area contributed by atoms with Gasteiger partial charge in [0.1, 0.15) is 6.10 Å². The van der Waals surface area contributed by atoms with E-state index in [4.69, 9.17) is 4.74 Å². The van der Waals surface area contributed by atoms with Gasteiger partial charge in [0.05, 0.1) is 12.2 Å². The zero-order chi connectivity index (χ0) is 33.7. The van der Waals surface area contributed by atoms with Crippen molar-refractivity contribution in [2.75, 3.05) is 0 Å². The van der Waals surface area contributed by atoms with Crippen LogP contribution < -0.4 is 0 Å². The van der Waals surface area contributed by atoms with E-state index in [9.17, 15) is 15.0 Å². The third kappa shape index (κ3) is 5.88. The molecule has 5 rings (SSSR count). The number of fused-ring (bicyclic) bond motifs is 7. The van der Waals surface area contributed by atoms with Crippen molar-refractivity contribution < 1.29 is 19.7 Å².